The molecule has 1 aromatic heterocycles. The molecule has 0 fully saturated rings. The zero-order valence-corrected chi connectivity index (χ0v) is 11.5. The highest BCUT2D eigenvalue weighted by molar-refractivity contribution is 6.01. The maximum Gasteiger partial charge on any atom is 0.355 e. The topological polar surface area (TPSA) is 85.7 Å². The Bertz CT molecular complexity index is 696. The van der Waals surface area contributed by atoms with Gasteiger partial charge >= 0.3 is 11.9 Å². The van der Waals surface area contributed by atoms with Crippen molar-refractivity contribution >= 4 is 11.9 Å². The number of ether oxygens (including phenoxy) is 2. The van der Waals surface area contributed by atoms with Gasteiger partial charge in [0.25, 0.3) is 0 Å². The molecular weight excluding hydrogens is 274 g/mol. The molecule has 6 nitrogen and oxygen atoms in total. The van der Waals surface area contributed by atoms with Crippen molar-refractivity contribution in [1.29, 1.82) is 0 Å². The van der Waals surface area contributed by atoms with Gasteiger partial charge < -0.3 is 14.6 Å². The molecule has 108 valence electrons. The van der Waals surface area contributed by atoms with Gasteiger partial charge in [-0.2, -0.15) is 0 Å². The van der Waals surface area contributed by atoms with Gasteiger partial charge in [-0.1, -0.05) is 12.1 Å². The average molecular weight is 287 g/mol. The summed E-state index contributed by atoms with van der Waals surface area (Å²) >= 11 is 0. The Morgan fingerprint density at radius 1 is 1.14 bits per heavy atom. The van der Waals surface area contributed by atoms with Crippen molar-refractivity contribution in [2.75, 3.05) is 14.2 Å². The maximum absolute atomic E-state index is 11.5. The number of hydrogen-bond donors (Lipinski definition) is 1. The Balaban J connectivity index is 2.53. The molecule has 0 amide bonds. The second kappa shape index (κ2) is 6.04. The number of aromatic nitrogens is 1. The maximum atomic E-state index is 11.5. The predicted octanol–water partition coefficient (Wildman–Crippen LogP) is 2.24. The van der Waals surface area contributed by atoms with Crippen LogP contribution in [0.25, 0.3) is 11.3 Å². The lowest BCUT2D eigenvalue weighted by molar-refractivity contribution is 0.0580. The molecule has 6 heteroatoms. The summed E-state index contributed by atoms with van der Waals surface area (Å²) in [7, 11) is 2.72. The van der Waals surface area contributed by atoms with Crippen molar-refractivity contribution < 1.29 is 24.2 Å². The number of nitrogens with zero attached hydrogens (tertiary/aromatic N) is 1. The van der Waals surface area contributed by atoms with Crippen LogP contribution in [0.5, 0.6) is 5.75 Å². The summed E-state index contributed by atoms with van der Waals surface area (Å²) in [4.78, 5) is 26.8. The Morgan fingerprint density at radius 3 is 2.52 bits per heavy atom. The summed E-state index contributed by atoms with van der Waals surface area (Å²) in [6.45, 7) is 0. The van der Waals surface area contributed by atoms with Crippen LogP contribution in [-0.2, 0) is 4.74 Å². The van der Waals surface area contributed by atoms with Gasteiger partial charge in [-0.3, -0.25) is 0 Å². The molecule has 1 heterocycles. The molecule has 0 aliphatic heterocycles. The predicted molar refractivity (Wildman–Crippen MR) is 74.5 cm³/mol. The molecule has 2 aromatic rings. The van der Waals surface area contributed by atoms with E-state index in [0.29, 0.717) is 17.0 Å². The second-order valence-electron chi connectivity index (χ2n) is 4.12. The van der Waals surface area contributed by atoms with Crippen molar-refractivity contribution in [3.63, 3.8) is 0 Å². The smallest absolute Gasteiger partial charge is 0.355 e. The summed E-state index contributed by atoms with van der Waals surface area (Å²) in [5.41, 5.74) is 0.686. The molecule has 2 rings (SSSR count). The number of hydrogen-bond acceptors (Lipinski definition) is 5. The molecule has 1 aromatic carbocycles. The third kappa shape index (κ3) is 3.00. The van der Waals surface area contributed by atoms with Gasteiger partial charge in [-0.05, 0) is 24.3 Å². The van der Waals surface area contributed by atoms with Crippen LogP contribution in [0, 0.1) is 0 Å². The highest BCUT2D eigenvalue weighted by Crippen LogP contribution is 2.23. The van der Waals surface area contributed by atoms with Crippen molar-refractivity contribution in [2.45, 2.75) is 0 Å². The van der Waals surface area contributed by atoms with Crippen molar-refractivity contribution in [2.24, 2.45) is 0 Å². The number of pyridine rings is 1. The summed E-state index contributed by atoms with van der Waals surface area (Å²) in [5.74, 6) is -1.40. The monoisotopic (exact) mass is 287 g/mol. The minimum Gasteiger partial charge on any atom is -0.497 e. The highest BCUT2D eigenvalue weighted by Gasteiger charge is 2.19. The number of carbonyl (C=O) groups is 2. The highest BCUT2D eigenvalue weighted by atomic mass is 16.5. The van der Waals surface area contributed by atoms with Crippen LogP contribution in [0.1, 0.15) is 20.8 Å². The lowest BCUT2D eigenvalue weighted by Gasteiger charge is -2.08. The van der Waals surface area contributed by atoms with E-state index in [1.54, 1.807) is 30.3 Å². The fraction of sp³-hybridized carbons (Fsp3) is 0.133. The number of benzene rings is 1. The summed E-state index contributed by atoms with van der Waals surface area (Å²) in [6, 6.07) is 9.99. The first-order chi connectivity index (χ1) is 10.1. The average Bonchev–Trinajstić information content (AvgIpc) is 2.53. The van der Waals surface area contributed by atoms with Crippen molar-refractivity contribution in [3.05, 3.63) is 47.7 Å². The molecule has 1 N–H and O–H groups in total. The first-order valence-corrected chi connectivity index (χ1v) is 6.04. The third-order valence-electron chi connectivity index (χ3n) is 2.87. The molecule has 0 saturated heterocycles. The first-order valence-electron chi connectivity index (χ1n) is 6.04. The van der Waals surface area contributed by atoms with E-state index in [1.165, 1.54) is 20.3 Å². The van der Waals surface area contributed by atoms with Gasteiger partial charge in [0.15, 0.2) is 5.69 Å². The molecule has 0 spiro atoms. The number of aromatic carboxylic acids is 1. The summed E-state index contributed by atoms with van der Waals surface area (Å²) in [5, 5.41) is 9.19. The number of carbonyl (C=O) groups excluding carboxylic acids is 1. The van der Waals surface area contributed by atoms with E-state index < -0.39 is 11.9 Å². The van der Waals surface area contributed by atoms with E-state index >= 15 is 0 Å². The van der Waals surface area contributed by atoms with E-state index in [4.69, 9.17) is 4.74 Å². The number of carboxylic acid groups (broad SMARTS) is 1. The molecule has 0 aliphatic carbocycles. The number of rotatable bonds is 4. The van der Waals surface area contributed by atoms with Gasteiger partial charge in [-0.15, -0.1) is 0 Å². The molecular formula is C15H13NO5. The van der Waals surface area contributed by atoms with E-state index in [9.17, 15) is 14.7 Å². The molecule has 21 heavy (non-hydrogen) atoms. The molecule has 0 atom stereocenters. The zero-order chi connectivity index (χ0) is 15.4. The minimum absolute atomic E-state index is 0.0864. The number of methoxy groups -OCH3 is 2. The van der Waals surface area contributed by atoms with Crippen LogP contribution in [0.15, 0.2) is 36.4 Å². The van der Waals surface area contributed by atoms with Crippen LogP contribution < -0.4 is 4.74 Å². The molecule has 0 saturated carbocycles. The Hall–Kier alpha value is -2.89. The normalized spacial score (nSPS) is 10.0. The minimum atomic E-state index is -1.29. The largest absolute Gasteiger partial charge is 0.497 e. The fourth-order valence-corrected chi connectivity index (χ4v) is 1.84. The molecule has 0 bridgehead atoms. The Labute approximate surface area is 121 Å². The fourth-order valence-electron chi connectivity index (χ4n) is 1.84. The van der Waals surface area contributed by atoms with E-state index in [1.807, 2.05) is 0 Å². The van der Waals surface area contributed by atoms with Gasteiger partial charge in [0.05, 0.1) is 25.5 Å². The van der Waals surface area contributed by atoms with Crippen LogP contribution in [0.4, 0.5) is 0 Å². The van der Waals surface area contributed by atoms with E-state index in [-0.39, 0.29) is 11.3 Å². The van der Waals surface area contributed by atoms with Crippen LogP contribution >= 0.6 is 0 Å². The van der Waals surface area contributed by atoms with Crippen LogP contribution in [-0.4, -0.2) is 36.2 Å². The van der Waals surface area contributed by atoms with Gasteiger partial charge in [0.2, 0.25) is 0 Å². The molecule has 0 radical (unpaired) electrons. The molecule has 0 aliphatic rings. The zero-order valence-electron chi connectivity index (χ0n) is 11.5. The summed E-state index contributed by atoms with van der Waals surface area (Å²) in [6.07, 6.45) is 0. The third-order valence-corrected chi connectivity index (χ3v) is 2.87. The van der Waals surface area contributed by atoms with E-state index in [0.717, 1.165) is 0 Å². The second-order valence-corrected chi connectivity index (χ2v) is 4.12. The standard InChI is InChI=1S/C15H13NO5/c1-20-10-5-3-4-9(8-10)12-7-6-11(15(19)21-2)13(16-12)14(17)18/h3-8H,1-2H3,(H,17,18). The van der Waals surface area contributed by atoms with Gasteiger partial charge in [-0.25, -0.2) is 14.6 Å². The van der Waals surface area contributed by atoms with Crippen LogP contribution in [0.2, 0.25) is 0 Å². The van der Waals surface area contributed by atoms with Gasteiger partial charge in [0.1, 0.15) is 5.75 Å². The van der Waals surface area contributed by atoms with Crippen molar-refractivity contribution in [3.8, 4) is 17.0 Å². The Kier molecular flexibility index (Phi) is 4.18. The van der Waals surface area contributed by atoms with Crippen LogP contribution in [0.3, 0.4) is 0 Å². The lowest BCUT2D eigenvalue weighted by Crippen LogP contribution is -2.12. The summed E-state index contributed by atoms with van der Waals surface area (Å²) < 4.78 is 9.66. The van der Waals surface area contributed by atoms with E-state index in [2.05, 4.69) is 9.72 Å². The number of carboxylic acids is 1. The quantitative estimate of drug-likeness (QED) is 0.868. The van der Waals surface area contributed by atoms with Gasteiger partial charge in [0, 0.05) is 5.56 Å². The SMILES string of the molecule is COC(=O)c1ccc(-c2cccc(OC)c2)nc1C(=O)O. The first kappa shape index (κ1) is 14.5. The Morgan fingerprint density at radius 2 is 1.90 bits per heavy atom. The number of esters is 1. The molecule has 0 unspecified atom stereocenters. The van der Waals surface area contributed by atoms with Crippen molar-refractivity contribution in [1.82, 2.24) is 4.98 Å². The lowest BCUT2D eigenvalue weighted by atomic mass is 10.1.